The Kier molecular flexibility index (Phi) is 10.8. The van der Waals surface area contributed by atoms with Crippen LogP contribution in [0.2, 0.25) is 0 Å². The van der Waals surface area contributed by atoms with E-state index in [1.807, 2.05) is 39.8 Å². The van der Waals surface area contributed by atoms with Crippen LogP contribution in [0.3, 0.4) is 0 Å². The van der Waals surface area contributed by atoms with Gasteiger partial charge in [-0.2, -0.15) is 0 Å². The van der Waals surface area contributed by atoms with Gasteiger partial charge in [0.2, 0.25) is 11.8 Å². The minimum Gasteiger partial charge on any atom is -0.359 e. The molecule has 2 aromatic heterocycles. The monoisotopic (exact) mass is 642 g/mol. The molecular formula is C37H50N6O4. The van der Waals surface area contributed by atoms with Gasteiger partial charge in [-0.25, -0.2) is 0 Å². The highest BCUT2D eigenvalue weighted by atomic mass is 16.2. The molecule has 0 saturated carbocycles. The van der Waals surface area contributed by atoms with Crippen molar-refractivity contribution in [2.75, 3.05) is 14.1 Å². The number of aromatic amines is 2. The van der Waals surface area contributed by atoms with Gasteiger partial charge in [0.05, 0.1) is 0 Å². The van der Waals surface area contributed by atoms with E-state index in [9.17, 15) is 19.2 Å². The van der Waals surface area contributed by atoms with Crippen molar-refractivity contribution >= 4 is 35.8 Å². The smallest absolute Gasteiger partial charge is 0.251 e. The van der Waals surface area contributed by atoms with E-state index in [4.69, 9.17) is 0 Å². The first kappa shape index (κ1) is 35.3. The molecule has 10 nitrogen and oxygen atoms in total. The Morgan fingerprint density at radius 3 is 1.36 bits per heavy atom. The van der Waals surface area contributed by atoms with E-state index in [1.54, 1.807) is 14.1 Å². The van der Waals surface area contributed by atoms with Crippen molar-refractivity contribution in [1.82, 2.24) is 31.2 Å². The zero-order valence-corrected chi connectivity index (χ0v) is 29.5. The van der Waals surface area contributed by atoms with Crippen molar-refractivity contribution in [3.63, 3.8) is 0 Å². The van der Waals surface area contributed by atoms with Crippen LogP contribution >= 0.6 is 0 Å². The normalized spacial score (nSPS) is 17.9. The highest BCUT2D eigenvalue weighted by Gasteiger charge is 2.28. The van der Waals surface area contributed by atoms with Gasteiger partial charge in [0, 0.05) is 78.7 Å². The molecule has 2 aliphatic heterocycles. The summed E-state index contributed by atoms with van der Waals surface area (Å²) < 4.78 is 0. The SMILES string of the molecule is CCC1=C(C)C(=O)N/C1=C\c1[nH]c(Cc2[nH]c(/C=C3\NC(=O)C(C)=C3CC)c(C)c2[C@@H](C)CC(=O)NC)c([C@@H](C)CC(=O)NC)c1C. The predicted octanol–water partition coefficient (Wildman–Crippen LogP) is 5.42. The maximum Gasteiger partial charge on any atom is 0.251 e. The summed E-state index contributed by atoms with van der Waals surface area (Å²) >= 11 is 0. The third-order valence-corrected chi connectivity index (χ3v) is 9.73. The molecule has 2 aromatic rings. The van der Waals surface area contributed by atoms with Gasteiger partial charge in [0.1, 0.15) is 0 Å². The molecule has 0 unspecified atom stereocenters. The Morgan fingerprint density at radius 2 is 1.04 bits per heavy atom. The molecule has 4 rings (SSSR count). The van der Waals surface area contributed by atoms with E-state index < -0.39 is 0 Å². The van der Waals surface area contributed by atoms with Crippen LogP contribution in [-0.4, -0.2) is 47.7 Å². The van der Waals surface area contributed by atoms with Gasteiger partial charge in [-0.15, -0.1) is 0 Å². The first-order valence-corrected chi connectivity index (χ1v) is 16.6. The average molecular weight is 643 g/mol. The number of carbonyl (C=O) groups excluding carboxylic acids is 4. The summed E-state index contributed by atoms with van der Waals surface area (Å²) in [7, 11) is 3.29. The van der Waals surface area contributed by atoms with Gasteiger partial charge in [0.15, 0.2) is 0 Å². The molecule has 0 radical (unpaired) electrons. The molecule has 2 aliphatic rings. The minimum atomic E-state index is -0.0900. The number of aromatic nitrogens is 2. The lowest BCUT2D eigenvalue weighted by Gasteiger charge is -2.16. The predicted molar refractivity (Wildman–Crippen MR) is 186 cm³/mol. The largest absolute Gasteiger partial charge is 0.359 e. The summed E-state index contributed by atoms with van der Waals surface area (Å²) in [5.74, 6) is -0.438. The van der Waals surface area contributed by atoms with Crippen molar-refractivity contribution in [3.05, 3.63) is 78.7 Å². The molecule has 10 heteroatoms. The van der Waals surface area contributed by atoms with E-state index in [-0.39, 0.29) is 35.5 Å². The summed E-state index contributed by atoms with van der Waals surface area (Å²) in [6.45, 7) is 16.0. The number of amides is 4. The van der Waals surface area contributed by atoms with E-state index >= 15 is 0 Å². The first-order valence-electron chi connectivity index (χ1n) is 16.6. The lowest BCUT2D eigenvalue weighted by Crippen LogP contribution is -2.20. The lowest BCUT2D eigenvalue weighted by molar-refractivity contribution is -0.121. The van der Waals surface area contributed by atoms with Crippen LogP contribution in [0.4, 0.5) is 0 Å². The summed E-state index contributed by atoms with van der Waals surface area (Å²) in [4.78, 5) is 57.4. The molecule has 4 heterocycles. The molecule has 0 bridgehead atoms. The van der Waals surface area contributed by atoms with Gasteiger partial charge in [-0.3, -0.25) is 19.2 Å². The average Bonchev–Trinajstić information content (AvgIpc) is 3.68. The number of hydrogen-bond donors (Lipinski definition) is 6. The van der Waals surface area contributed by atoms with E-state index in [0.717, 1.165) is 91.6 Å². The fourth-order valence-electron chi connectivity index (χ4n) is 7.14. The van der Waals surface area contributed by atoms with Gasteiger partial charge in [-0.05, 0) is 97.9 Å². The van der Waals surface area contributed by atoms with Gasteiger partial charge >= 0.3 is 0 Å². The maximum atomic E-state index is 12.5. The molecular weight excluding hydrogens is 592 g/mol. The van der Waals surface area contributed by atoms with Crippen LogP contribution in [0.15, 0.2) is 33.7 Å². The second-order valence-corrected chi connectivity index (χ2v) is 12.8. The van der Waals surface area contributed by atoms with E-state index in [2.05, 4.69) is 58.9 Å². The number of H-pyrrole nitrogens is 2. The standard InChI is InChI=1S/C37H50N6O4/c1-11-24-20(5)36(46)42-28(24)15-26-22(7)34(18(3)13-32(44)38-9)30(40-26)17-31-35(19(4)14-33(45)39-10)23(8)27(41-31)16-29-25(12-2)21(6)37(47)43-29/h15-16,18-19,40-41H,11-14,17H2,1-10H3,(H,38,44)(H,39,45)(H,42,46)(H,43,47)/b28-15-,29-16-/t18-,19-/m0/s1. The van der Waals surface area contributed by atoms with Crippen LogP contribution in [0.1, 0.15) is 124 Å². The number of carbonyl (C=O) groups is 4. The maximum absolute atomic E-state index is 12.5. The van der Waals surface area contributed by atoms with Crippen molar-refractivity contribution in [3.8, 4) is 0 Å². The number of nitrogens with one attached hydrogen (secondary N) is 6. The zero-order valence-electron chi connectivity index (χ0n) is 29.5. The number of hydrogen-bond acceptors (Lipinski definition) is 4. The molecule has 0 aromatic carbocycles. The third kappa shape index (κ3) is 7.06. The summed E-state index contributed by atoms with van der Waals surface area (Å²) in [5, 5.41) is 11.5. The van der Waals surface area contributed by atoms with Crippen LogP contribution in [0.5, 0.6) is 0 Å². The Bertz CT molecular complexity index is 1620. The summed E-state index contributed by atoms with van der Waals surface area (Å²) in [6, 6.07) is 0. The van der Waals surface area contributed by atoms with Crippen LogP contribution in [0.25, 0.3) is 12.2 Å². The molecule has 2 atom stereocenters. The Balaban J connectivity index is 1.88. The van der Waals surface area contributed by atoms with E-state index in [0.29, 0.717) is 19.3 Å². The van der Waals surface area contributed by atoms with Crippen LogP contribution in [0, 0.1) is 13.8 Å². The van der Waals surface area contributed by atoms with Gasteiger partial charge < -0.3 is 31.2 Å². The summed E-state index contributed by atoms with van der Waals surface area (Å²) in [6.07, 6.45) is 6.59. The zero-order chi connectivity index (χ0) is 34.7. The van der Waals surface area contributed by atoms with Crippen molar-refractivity contribution < 1.29 is 19.2 Å². The fourth-order valence-corrected chi connectivity index (χ4v) is 7.14. The van der Waals surface area contributed by atoms with Gasteiger partial charge in [0.25, 0.3) is 11.8 Å². The molecule has 47 heavy (non-hydrogen) atoms. The third-order valence-electron chi connectivity index (χ3n) is 9.73. The number of rotatable bonds is 12. The Labute approximate surface area is 278 Å². The molecule has 252 valence electrons. The Morgan fingerprint density at radius 1 is 0.681 bits per heavy atom. The van der Waals surface area contributed by atoms with Crippen molar-refractivity contribution in [2.45, 2.75) is 99.3 Å². The molecule has 6 N–H and O–H groups in total. The Hall–Kier alpha value is -4.60. The second kappa shape index (κ2) is 14.4. The van der Waals surface area contributed by atoms with Crippen molar-refractivity contribution in [1.29, 1.82) is 0 Å². The van der Waals surface area contributed by atoms with Gasteiger partial charge in [-0.1, -0.05) is 27.7 Å². The first-order chi connectivity index (χ1) is 22.3. The topological polar surface area (TPSA) is 148 Å². The molecule has 0 aliphatic carbocycles. The van der Waals surface area contributed by atoms with Crippen molar-refractivity contribution in [2.24, 2.45) is 0 Å². The summed E-state index contributed by atoms with van der Waals surface area (Å²) in [5.41, 5.74) is 12.8. The highest BCUT2D eigenvalue weighted by Crippen LogP contribution is 2.37. The van der Waals surface area contributed by atoms with Crippen LogP contribution in [-0.2, 0) is 25.6 Å². The molecule has 0 saturated heterocycles. The molecule has 4 amide bonds. The lowest BCUT2D eigenvalue weighted by atomic mass is 9.89. The number of allylic oxidation sites excluding steroid dienone is 2. The highest BCUT2D eigenvalue weighted by molar-refractivity contribution is 6.01. The van der Waals surface area contributed by atoms with E-state index in [1.165, 1.54) is 0 Å². The fraction of sp³-hybridized carbons (Fsp3) is 0.459. The molecule has 0 fully saturated rings. The molecule has 0 spiro atoms. The minimum absolute atomic E-state index is 0.0444. The quantitative estimate of drug-likeness (QED) is 0.183. The second-order valence-electron chi connectivity index (χ2n) is 12.8. The van der Waals surface area contributed by atoms with Crippen LogP contribution < -0.4 is 21.3 Å².